The van der Waals surface area contributed by atoms with Gasteiger partial charge in [-0.2, -0.15) is 0 Å². The van der Waals surface area contributed by atoms with E-state index in [0.717, 1.165) is 38.4 Å². The minimum Gasteiger partial charge on any atom is -0.353 e. The highest BCUT2D eigenvalue weighted by Gasteiger charge is 2.46. The maximum absolute atomic E-state index is 12.7. The Bertz CT molecular complexity index is 731. The molecule has 0 unspecified atom stereocenters. The Labute approximate surface area is 146 Å². The molecule has 2 fully saturated rings. The Morgan fingerprint density at radius 3 is 2.54 bits per heavy atom. The molecule has 124 valence electrons. The van der Waals surface area contributed by atoms with Gasteiger partial charge in [0.15, 0.2) is 0 Å². The van der Waals surface area contributed by atoms with Gasteiger partial charge < -0.3 is 9.80 Å². The van der Waals surface area contributed by atoms with Gasteiger partial charge in [0.05, 0.1) is 0 Å². The first-order chi connectivity index (χ1) is 11.7. The molecule has 1 aromatic carbocycles. The average Bonchev–Trinajstić information content (AvgIpc) is 3.43. The predicted octanol–water partition coefficient (Wildman–Crippen LogP) is 2.58. The Hall–Kier alpha value is -2.14. The molecule has 5 nitrogen and oxygen atoms in total. The van der Waals surface area contributed by atoms with Crippen molar-refractivity contribution in [3.05, 3.63) is 53.4 Å². The molecule has 1 saturated carbocycles. The zero-order valence-electron chi connectivity index (χ0n) is 13.3. The van der Waals surface area contributed by atoms with Crippen LogP contribution in [0.3, 0.4) is 0 Å². The fourth-order valence-electron chi connectivity index (χ4n) is 3.42. The summed E-state index contributed by atoms with van der Waals surface area (Å²) in [7, 11) is 0. The lowest BCUT2D eigenvalue weighted by Gasteiger charge is -2.35. The van der Waals surface area contributed by atoms with Crippen molar-refractivity contribution in [2.75, 3.05) is 31.1 Å². The fourth-order valence-corrected chi connectivity index (χ4v) is 3.57. The van der Waals surface area contributed by atoms with Crippen molar-refractivity contribution in [1.82, 2.24) is 14.9 Å². The van der Waals surface area contributed by atoms with E-state index in [1.165, 1.54) is 11.9 Å². The molecule has 2 aromatic rings. The summed E-state index contributed by atoms with van der Waals surface area (Å²) in [5.41, 5.74) is 1.28. The third-order valence-electron chi connectivity index (χ3n) is 4.87. The number of aromatic nitrogens is 2. The molecule has 0 radical (unpaired) electrons. The van der Waals surface area contributed by atoms with Gasteiger partial charge in [-0.1, -0.05) is 41.9 Å². The number of rotatable bonds is 3. The largest absolute Gasteiger partial charge is 0.353 e. The Balaban J connectivity index is 1.34. The summed E-state index contributed by atoms with van der Waals surface area (Å²) in [6, 6.07) is 12.1. The van der Waals surface area contributed by atoms with E-state index in [-0.39, 0.29) is 5.92 Å². The van der Waals surface area contributed by atoms with Crippen LogP contribution in [0.25, 0.3) is 0 Å². The van der Waals surface area contributed by atoms with Crippen LogP contribution < -0.4 is 4.90 Å². The lowest BCUT2D eigenvalue weighted by molar-refractivity contribution is -0.133. The van der Waals surface area contributed by atoms with E-state index >= 15 is 0 Å². The van der Waals surface area contributed by atoms with Gasteiger partial charge in [-0.3, -0.25) is 4.79 Å². The molecule has 0 bridgehead atoms. The number of anilines is 1. The quantitative estimate of drug-likeness (QED) is 0.804. The van der Waals surface area contributed by atoms with Crippen LogP contribution in [-0.2, 0) is 4.79 Å². The number of benzene rings is 1. The van der Waals surface area contributed by atoms with E-state index < -0.39 is 0 Å². The van der Waals surface area contributed by atoms with Crippen molar-refractivity contribution in [2.24, 2.45) is 5.92 Å². The van der Waals surface area contributed by atoms with E-state index in [2.05, 4.69) is 27.0 Å². The molecule has 1 amide bonds. The lowest BCUT2D eigenvalue weighted by Crippen LogP contribution is -2.49. The van der Waals surface area contributed by atoms with E-state index in [0.29, 0.717) is 17.0 Å². The normalized spacial score (nSPS) is 23.2. The van der Waals surface area contributed by atoms with Crippen LogP contribution in [-0.4, -0.2) is 47.0 Å². The van der Waals surface area contributed by atoms with Gasteiger partial charge >= 0.3 is 0 Å². The third-order valence-corrected chi connectivity index (χ3v) is 5.08. The number of hydrogen-bond acceptors (Lipinski definition) is 4. The number of piperazine rings is 1. The molecular formula is C18H19ClN4O. The van der Waals surface area contributed by atoms with Gasteiger partial charge in [0.25, 0.3) is 0 Å². The molecule has 4 rings (SSSR count). The standard InChI is InChI=1S/C18H19ClN4O/c19-16-11-17(21-12-20-16)22-6-8-23(9-7-22)18(24)15-10-14(15)13-4-2-1-3-5-13/h1-5,11-12,14-15H,6-10H2/t14-,15+/m0/s1. The van der Waals surface area contributed by atoms with Gasteiger partial charge in [0, 0.05) is 38.2 Å². The number of carbonyl (C=O) groups is 1. The minimum atomic E-state index is 0.160. The molecular weight excluding hydrogens is 324 g/mol. The molecule has 2 heterocycles. The first kappa shape index (κ1) is 15.4. The summed E-state index contributed by atoms with van der Waals surface area (Å²) in [5, 5.41) is 0.446. The summed E-state index contributed by atoms with van der Waals surface area (Å²) in [5.74, 6) is 1.68. The zero-order chi connectivity index (χ0) is 16.5. The summed E-state index contributed by atoms with van der Waals surface area (Å²) in [6.45, 7) is 3.03. The summed E-state index contributed by atoms with van der Waals surface area (Å²) in [4.78, 5) is 25.0. The Morgan fingerprint density at radius 2 is 1.83 bits per heavy atom. The number of carbonyl (C=O) groups excluding carboxylic acids is 1. The van der Waals surface area contributed by atoms with Crippen molar-refractivity contribution >= 4 is 23.3 Å². The van der Waals surface area contributed by atoms with Gasteiger partial charge in [-0.25, -0.2) is 9.97 Å². The minimum absolute atomic E-state index is 0.160. The second-order valence-corrected chi connectivity index (χ2v) is 6.76. The second-order valence-electron chi connectivity index (χ2n) is 6.37. The highest BCUT2D eigenvalue weighted by molar-refractivity contribution is 6.29. The van der Waals surface area contributed by atoms with Crippen LogP contribution in [0.5, 0.6) is 0 Å². The van der Waals surface area contributed by atoms with Crippen molar-refractivity contribution in [3.8, 4) is 0 Å². The van der Waals surface area contributed by atoms with Gasteiger partial charge in [0.2, 0.25) is 5.91 Å². The summed E-state index contributed by atoms with van der Waals surface area (Å²) < 4.78 is 0. The number of amides is 1. The number of nitrogens with zero attached hydrogens (tertiary/aromatic N) is 4. The van der Waals surface area contributed by atoms with Crippen molar-refractivity contribution < 1.29 is 4.79 Å². The van der Waals surface area contributed by atoms with Crippen LogP contribution >= 0.6 is 11.6 Å². The van der Waals surface area contributed by atoms with Crippen molar-refractivity contribution in [2.45, 2.75) is 12.3 Å². The first-order valence-electron chi connectivity index (χ1n) is 8.28. The van der Waals surface area contributed by atoms with E-state index in [9.17, 15) is 4.79 Å². The van der Waals surface area contributed by atoms with Crippen molar-refractivity contribution in [1.29, 1.82) is 0 Å². The van der Waals surface area contributed by atoms with Crippen LogP contribution in [0.4, 0.5) is 5.82 Å². The first-order valence-corrected chi connectivity index (χ1v) is 8.66. The predicted molar refractivity (Wildman–Crippen MR) is 93.1 cm³/mol. The van der Waals surface area contributed by atoms with Gasteiger partial charge in [-0.05, 0) is 17.9 Å². The Morgan fingerprint density at radius 1 is 1.08 bits per heavy atom. The second kappa shape index (κ2) is 6.40. The fraction of sp³-hybridized carbons (Fsp3) is 0.389. The molecule has 24 heavy (non-hydrogen) atoms. The van der Waals surface area contributed by atoms with Crippen LogP contribution in [0.1, 0.15) is 17.9 Å². The molecule has 1 saturated heterocycles. The smallest absolute Gasteiger partial charge is 0.226 e. The van der Waals surface area contributed by atoms with Gasteiger partial charge in [0.1, 0.15) is 17.3 Å². The summed E-state index contributed by atoms with van der Waals surface area (Å²) >= 11 is 5.92. The average molecular weight is 343 g/mol. The van der Waals surface area contributed by atoms with E-state index in [1.807, 2.05) is 23.1 Å². The monoisotopic (exact) mass is 342 g/mol. The maximum Gasteiger partial charge on any atom is 0.226 e. The van der Waals surface area contributed by atoms with E-state index in [1.54, 1.807) is 6.07 Å². The van der Waals surface area contributed by atoms with Crippen LogP contribution in [0.15, 0.2) is 42.7 Å². The van der Waals surface area contributed by atoms with E-state index in [4.69, 9.17) is 11.6 Å². The molecule has 0 N–H and O–H groups in total. The molecule has 0 spiro atoms. The maximum atomic E-state index is 12.7. The number of halogens is 1. The highest BCUT2D eigenvalue weighted by Crippen LogP contribution is 2.48. The highest BCUT2D eigenvalue weighted by atomic mass is 35.5. The molecule has 1 aromatic heterocycles. The molecule has 2 atom stereocenters. The molecule has 1 aliphatic carbocycles. The molecule has 6 heteroatoms. The zero-order valence-corrected chi connectivity index (χ0v) is 14.1. The lowest BCUT2D eigenvalue weighted by atomic mass is 10.1. The third kappa shape index (κ3) is 3.08. The topological polar surface area (TPSA) is 49.3 Å². The van der Waals surface area contributed by atoms with Crippen LogP contribution in [0.2, 0.25) is 5.15 Å². The summed E-state index contributed by atoms with van der Waals surface area (Å²) in [6.07, 6.45) is 2.45. The SMILES string of the molecule is O=C([C@@H]1C[C@H]1c1ccccc1)N1CCN(c2cc(Cl)ncn2)CC1. The van der Waals surface area contributed by atoms with Crippen LogP contribution in [0, 0.1) is 5.92 Å². The molecule has 2 aliphatic rings. The molecule has 1 aliphatic heterocycles. The number of hydrogen-bond donors (Lipinski definition) is 0. The Kier molecular flexibility index (Phi) is 4.10. The van der Waals surface area contributed by atoms with Gasteiger partial charge in [-0.15, -0.1) is 0 Å². The van der Waals surface area contributed by atoms with Crippen molar-refractivity contribution in [3.63, 3.8) is 0 Å².